The Balaban J connectivity index is 1.51. The number of hydrogen-bond acceptors (Lipinski definition) is 5. The van der Waals surface area contributed by atoms with Crippen LogP contribution in [0.25, 0.3) is 0 Å². The molecule has 3 N–H and O–H groups in total. The summed E-state index contributed by atoms with van der Waals surface area (Å²) in [6, 6.07) is 11.3. The molecule has 0 spiro atoms. The van der Waals surface area contributed by atoms with E-state index in [4.69, 9.17) is 0 Å². The van der Waals surface area contributed by atoms with Crippen LogP contribution in [0.3, 0.4) is 0 Å². The minimum atomic E-state index is -0.978. The smallest absolute Gasteiger partial charge is 0.262 e. The summed E-state index contributed by atoms with van der Waals surface area (Å²) in [5.74, 6) is -1.91. The minimum absolute atomic E-state index is 0.0179. The van der Waals surface area contributed by atoms with E-state index >= 15 is 0 Å². The maximum Gasteiger partial charge on any atom is 0.262 e. The van der Waals surface area contributed by atoms with Gasteiger partial charge in [-0.15, -0.1) is 0 Å². The molecule has 144 valence electrons. The van der Waals surface area contributed by atoms with Crippen molar-refractivity contribution >= 4 is 23.6 Å². The second kappa shape index (κ2) is 7.91. The lowest BCUT2D eigenvalue weighted by Crippen LogP contribution is -2.49. The highest BCUT2D eigenvalue weighted by Gasteiger charge is 2.40. The van der Waals surface area contributed by atoms with Gasteiger partial charge in [-0.05, 0) is 37.3 Å². The number of nitrogens with one attached hydrogen (secondary N) is 2. The molecule has 1 unspecified atom stereocenters. The van der Waals surface area contributed by atoms with Gasteiger partial charge < -0.3 is 15.7 Å². The lowest BCUT2D eigenvalue weighted by molar-refractivity contribution is -0.124. The topological polar surface area (TPSA) is 116 Å². The third-order valence-corrected chi connectivity index (χ3v) is 4.41. The van der Waals surface area contributed by atoms with E-state index in [0.717, 1.165) is 4.90 Å². The Hall–Kier alpha value is -3.68. The molecule has 0 saturated heterocycles. The zero-order valence-corrected chi connectivity index (χ0v) is 15.1. The number of rotatable bonds is 6. The van der Waals surface area contributed by atoms with Gasteiger partial charge in [0.1, 0.15) is 11.8 Å². The lowest BCUT2D eigenvalue weighted by Gasteiger charge is -2.21. The standard InChI is InChI=1S/C20H19N3O5/c1-12(23-19(27)15-7-2-3-8-16(15)20(23)28)17(25)21-9-10-22-18(26)13-5-4-6-14(24)11-13/h2-8,11-12,24H,9-10H2,1H3,(H,21,25)(H,22,26). The summed E-state index contributed by atoms with van der Waals surface area (Å²) in [7, 11) is 0. The number of fused-ring (bicyclic) bond motifs is 1. The highest BCUT2D eigenvalue weighted by Crippen LogP contribution is 2.24. The van der Waals surface area contributed by atoms with Crippen molar-refractivity contribution in [3.63, 3.8) is 0 Å². The van der Waals surface area contributed by atoms with Gasteiger partial charge >= 0.3 is 0 Å². The first-order valence-electron chi connectivity index (χ1n) is 8.72. The van der Waals surface area contributed by atoms with E-state index in [1.54, 1.807) is 36.4 Å². The summed E-state index contributed by atoms with van der Waals surface area (Å²) in [5.41, 5.74) is 0.863. The maximum absolute atomic E-state index is 12.4. The normalized spacial score (nSPS) is 13.8. The molecule has 1 aliphatic rings. The van der Waals surface area contributed by atoms with E-state index in [-0.39, 0.29) is 30.0 Å². The highest BCUT2D eigenvalue weighted by atomic mass is 16.3. The summed E-state index contributed by atoms with van der Waals surface area (Å²) in [6.07, 6.45) is 0. The van der Waals surface area contributed by atoms with Gasteiger partial charge in [0, 0.05) is 18.7 Å². The zero-order valence-electron chi connectivity index (χ0n) is 15.1. The predicted octanol–water partition coefficient (Wildman–Crippen LogP) is 0.923. The Bertz CT molecular complexity index is 921. The van der Waals surface area contributed by atoms with Gasteiger partial charge in [-0.3, -0.25) is 24.1 Å². The van der Waals surface area contributed by atoms with E-state index in [2.05, 4.69) is 10.6 Å². The monoisotopic (exact) mass is 381 g/mol. The van der Waals surface area contributed by atoms with Gasteiger partial charge in [0.2, 0.25) is 5.91 Å². The molecule has 2 aromatic carbocycles. The van der Waals surface area contributed by atoms with Crippen molar-refractivity contribution in [1.82, 2.24) is 15.5 Å². The molecule has 1 aliphatic heterocycles. The van der Waals surface area contributed by atoms with Crippen LogP contribution in [0.4, 0.5) is 0 Å². The van der Waals surface area contributed by atoms with Crippen LogP contribution in [0, 0.1) is 0 Å². The van der Waals surface area contributed by atoms with Crippen molar-refractivity contribution < 1.29 is 24.3 Å². The Morgan fingerprint density at radius 2 is 1.57 bits per heavy atom. The molecule has 1 atom stereocenters. The Morgan fingerprint density at radius 3 is 2.18 bits per heavy atom. The van der Waals surface area contributed by atoms with Crippen molar-refractivity contribution in [1.29, 1.82) is 0 Å². The molecule has 8 heteroatoms. The number of benzene rings is 2. The first kappa shape index (κ1) is 19.1. The summed E-state index contributed by atoms with van der Waals surface area (Å²) in [5, 5.41) is 14.6. The fourth-order valence-corrected chi connectivity index (χ4v) is 2.94. The molecule has 3 rings (SSSR count). The molecular formula is C20H19N3O5. The second-order valence-electron chi connectivity index (χ2n) is 6.30. The molecule has 1 heterocycles. The Kier molecular flexibility index (Phi) is 5.39. The lowest BCUT2D eigenvalue weighted by atomic mass is 10.1. The molecule has 0 fully saturated rings. The number of carbonyl (C=O) groups excluding carboxylic acids is 4. The molecule has 0 saturated carbocycles. The van der Waals surface area contributed by atoms with Crippen molar-refractivity contribution in [2.45, 2.75) is 13.0 Å². The number of nitrogens with zero attached hydrogens (tertiary/aromatic N) is 1. The average Bonchev–Trinajstić information content (AvgIpc) is 2.95. The first-order valence-corrected chi connectivity index (χ1v) is 8.72. The number of aromatic hydroxyl groups is 1. The van der Waals surface area contributed by atoms with Crippen molar-refractivity contribution in [2.75, 3.05) is 13.1 Å². The zero-order chi connectivity index (χ0) is 20.3. The minimum Gasteiger partial charge on any atom is -0.508 e. The summed E-state index contributed by atoms with van der Waals surface area (Å²) < 4.78 is 0. The molecule has 4 amide bonds. The summed E-state index contributed by atoms with van der Waals surface area (Å²) in [4.78, 5) is 50.0. The van der Waals surface area contributed by atoms with Crippen LogP contribution in [0.5, 0.6) is 5.75 Å². The molecule has 0 aliphatic carbocycles. The third-order valence-electron chi connectivity index (χ3n) is 4.41. The number of carbonyl (C=O) groups is 4. The van der Waals surface area contributed by atoms with Crippen LogP contribution in [-0.2, 0) is 4.79 Å². The van der Waals surface area contributed by atoms with E-state index in [9.17, 15) is 24.3 Å². The summed E-state index contributed by atoms with van der Waals surface area (Å²) in [6.45, 7) is 1.74. The quantitative estimate of drug-likeness (QED) is 0.508. The molecule has 0 bridgehead atoms. The Labute approximate surface area is 161 Å². The number of phenols is 1. The molecule has 0 radical (unpaired) electrons. The van der Waals surface area contributed by atoms with E-state index < -0.39 is 29.7 Å². The molecule has 28 heavy (non-hydrogen) atoms. The Morgan fingerprint density at radius 1 is 0.964 bits per heavy atom. The van der Waals surface area contributed by atoms with Crippen LogP contribution in [0.1, 0.15) is 38.0 Å². The van der Waals surface area contributed by atoms with Gasteiger partial charge in [0.25, 0.3) is 17.7 Å². The van der Waals surface area contributed by atoms with Gasteiger partial charge in [-0.25, -0.2) is 0 Å². The SMILES string of the molecule is CC(C(=O)NCCNC(=O)c1cccc(O)c1)N1C(=O)c2ccccc2C1=O. The van der Waals surface area contributed by atoms with E-state index in [1.165, 1.54) is 19.1 Å². The molecule has 8 nitrogen and oxygen atoms in total. The maximum atomic E-state index is 12.4. The second-order valence-corrected chi connectivity index (χ2v) is 6.30. The molecule has 0 aromatic heterocycles. The third kappa shape index (κ3) is 3.71. The van der Waals surface area contributed by atoms with Crippen LogP contribution in [0.2, 0.25) is 0 Å². The summed E-state index contributed by atoms with van der Waals surface area (Å²) >= 11 is 0. The average molecular weight is 381 g/mol. The van der Waals surface area contributed by atoms with Crippen molar-refractivity contribution in [2.24, 2.45) is 0 Å². The fourth-order valence-electron chi connectivity index (χ4n) is 2.94. The van der Waals surface area contributed by atoms with Gasteiger partial charge in [-0.1, -0.05) is 18.2 Å². The van der Waals surface area contributed by atoms with Gasteiger partial charge in [0.15, 0.2) is 0 Å². The number of hydrogen-bond donors (Lipinski definition) is 3. The van der Waals surface area contributed by atoms with Crippen molar-refractivity contribution in [3.8, 4) is 5.75 Å². The first-order chi connectivity index (χ1) is 13.4. The number of amides is 4. The highest BCUT2D eigenvalue weighted by molar-refractivity contribution is 6.22. The van der Waals surface area contributed by atoms with Crippen LogP contribution < -0.4 is 10.6 Å². The van der Waals surface area contributed by atoms with E-state index in [1.807, 2.05) is 0 Å². The molecular weight excluding hydrogens is 362 g/mol. The predicted molar refractivity (Wildman–Crippen MR) is 99.9 cm³/mol. The van der Waals surface area contributed by atoms with Crippen LogP contribution in [0.15, 0.2) is 48.5 Å². The fraction of sp³-hybridized carbons (Fsp3) is 0.200. The van der Waals surface area contributed by atoms with Crippen LogP contribution in [-0.4, -0.2) is 52.8 Å². The number of imide groups is 1. The largest absolute Gasteiger partial charge is 0.508 e. The van der Waals surface area contributed by atoms with E-state index in [0.29, 0.717) is 5.56 Å². The van der Waals surface area contributed by atoms with Gasteiger partial charge in [-0.2, -0.15) is 0 Å². The van der Waals surface area contributed by atoms with Crippen molar-refractivity contribution in [3.05, 3.63) is 65.2 Å². The van der Waals surface area contributed by atoms with Crippen LogP contribution >= 0.6 is 0 Å². The van der Waals surface area contributed by atoms with Gasteiger partial charge in [0.05, 0.1) is 11.1 Å². The number of phenolic OH excluding ortho intramolecular Hbond substituents is 1. The molecule has 2 aromatic rings.